The minimum absolute atomic E-state index is 0.976. The zero-order valence-corrected chi connectivity index (χ0v) is 3.52. The van der Waals surface area contributed by atoms with E-state index in [1.54, 1.807) is 0 Å². The number of nitrogens with zero attached hydrogens (tertiary/aromatic N) is 1. The first-order chi connectivity index (χ1) is 2.93. The fraction of sp³-hybridized carbons (Fsp3) is 0.500. The maximum Gasteiger partial charge on any atom is 0.0817 e. The zero-order valence-electron chi connectivity index (χ0n) is 3.52. The van der Waals surface area contributed by atoms with Crippen LogP contribution in [0, 0.1) is 11.8 Å². The average molecular weight is 83.1 g/mol. The third-order valence-electron chi connectivity index (χ3n) is 0.910. The first-order valence-electron chi connectivity index (χ1n) is 2.00. The predicted octanol–water partition coefficient (Wildman–Crippen LogP) is 0.113. The first-order valence-corrected chi connectivity index (χ1v) is 2.00. The molecule has 6 heavy (non-hydrogen) atoms. The van der Waals surface area contributed by atoms with Gasteiger partial charge in [-0.05, 0) is 0 Å². The summed E-state index contributed by atoms with van der Waals surface area (Å²) in [6.45, 7) is 1.95. The van der Waals surface area contributed by atoms with Crippen molar-refractivity contribution < 1.29 is 0 Å². The van der Waals surface area contributed by atoms with Crippen LogP contribution in [0.5, 0.6) is 0 Å². The number of likely N-dealkylation sites (tertiary alicyclic amines) is 1. The zero-order chi connectivity index (χ0) is 4.41. The van der Waals surface area contributed by atoms with Crippen molar-refractivity contribution in [3.05, 3.63) is 6.42 Å². The topological polar surface area (TPSA) is 27.1 Å². The second-order valence-corrected chi connectivity index (χ2v) is 1.37. The Hall–Kier alpha value is -0.530. The third kappa shape index (κ3) is 0.379. The van der Waals surface area contributed by atoms with E-state index < -0.39 is 0 Å². The smallest absolute Gasteiger partial charge is 0.0817 e. The molecule has 0 aromatic heterocycles. The van der Waals surface area contributed by atoms with Crippen LogP contribution >= 0.6 is 0 Å². The van der Waals surface area contributed by atoms with Crippen molar-refractivity contribution >= 4 is 6.34 Å². The summed E-state index contributed by atoms with van der Waals surface area (Å²) in [6, 6.07) is 0. The molecule has 1 fully saturated rings. The summed E-state index contributed by atoms with van der Waals surface area (Å²) in [5, 5.41) is 6.64. The van der Waals surface area contributed by atoms with Gasteiger partial charge in [-0.15, -0.1) is 0 Å². The summed E-state index contributed by atoms with van der Waals surface area (Å²) in [7, 11) is 0. The van der Waals surface area contributed by atoms with Crippen LogP contribution in [0.15, 0.2) is 0 Å². The molecule has 1 saturated heterocycles. The van der Waals surface area contributed by atoms with Crippen LogP contribution in [0.2, 0.25) is 0 Å². The molecule has 0 spiro atoms. The largest absolute Gasteiger partial charge is 0.362 e. The second-order valence-electron chi connectivity index (χ2n) is 1.37. The van der Waals surface area contributed by atoms with Crippen molar-refractivity contribution in [2.24, 2.45) is 0 Å². The van der Waals surface area contributed by atoms with E-state index in [4.69, 9.17) is 5.41 Å². The lowest BCUT2D eigenvalue weighted by Crippen LogP contribution is -2.35. The maximum atomic E-state index is 6.64. The molecule has 1 radical (unpaired) electrons. The van der Waals surface area contributed by atoms with E-state index in [1.165, 1.54) is 6.34 Å². The van der Waals surface area contributed by atoms with Crippen LogP contribution in [-0.4, -0.2) is 24.3 Å². The minimum atomic E-state index is 0.976. The van der Waals surface area contributed by atoms with Crippen molar-refractivity contribution in [1.82, 2.24) is 4.90 Å². The van der Waals surface area contributed by atoms with E-state index in [2.05, 4.69) is 6.42 Å². The highest BCUT2D eigenvalue weighted by Gasteiger charge is 2.07. The third-order valence-corrected chi connectivity index (χ3v) is 0.910. The van der Waals surface area contributed by atoms with Crippen LogP contribution in [0.3, 0.4) is 0 Å². The molecule has 2 nitrogen and oxygen atoms in total. The predicted molar refractivity (Wildman–Crippen MR) is 24.7 cm³/mol. The van der Waals surface area contributed by atoms with Crippen molar-refractivity contribution in [2.45, 2.75) is 0 Å². The van der Waals surface area contributed by atoms with Crippen molar-refractivity contribution in [2.75, 3.05) is 13.1 Å². The lowest BCUT2D eigenvalue weighted by Gasteiger charge is -2.26. The first kappa shape index (κ1) is 3.65. The Kier molecular flexibility index (Phi) is 0.783. The van der Waals surface area contributed by atoms with Crippen molar-refractivity contribution in [3.8, 4) is 0 Å². The Balaban J connectivity index is 2.16. The Morgan fingerprint density at radius 2 is 2.33 bits per heavy atom. The molecule has 0 atom stereocenters. The molecule has 33 valence electrons. The highest BCUT2D eigenvalue weighted by atomic mass is 15.2. The van der Waals surface area contributed by atoms with Crippen molar-refractivity contribution in [1.29, 1.82) is 5.41 Å². The maximum absolute atomic E-state index is 6.64. The second kappa shape index (κ2) is 1.29. The highest BCUT2D eigenvalue weighted by Crippen LogP contribution is 1.97. The Morgan fingerprint density at radius 3 is 2.33 bits per heavy atom. The number of nitrogens with one attached hydrogen (secondary N) is 1. The molecule has 0 bridgehead atoms. The summed E-state index contributed by atoms with van der Waals surface area (Å²) >= 11 is 0. The van der Waals surface area contributed by atoms with Gasteiger partial charge in [-0.2, -0.15) is 0 Å². The minimum Gasteiger partial charge on any atom is -0.362 e. The monoisotopic (exact) mass is 83.1 g/mol. The number of rotatable bonds is 1. The van der Waals surface area contributed by atoms with Gasteiger partial charge in [0.25, 0.3) is 0 Å². The fourth-order valence-electron chi connectivity index (χ4n) is 0.384. The molecule has 1 aliphatic heterocycles. The SMILES string of the molecule is N=CN1C[CH]C1. The average Bonchev–Trinajstić information content (AvgIpc) is 1.31. The standard InChI is InChI=1S/C4H7N2/c5-4-6-2-1-3-6/h1,4-5H,2-3H2. The molecule has 0 unspecified atom stereocenters. The summed E-state index contributed by atoms with van der Waals surface area (Å²) < 4.78 is 0. The van der Waals surface area contributed by atoms with E-state index in [-0.39, 0.29) is 0 Å². The van der Waals surface area contributed by atoms with Gasteiger partial charge in [0.05, 0.1) is 6.34 Å². The van der Waals surface area contributed by atoms with Crippen molar-refractivity contribution in [3.63, 3.8) is 0 Å². The lowest BCUT2D eigenvalue weighted by molar-refractivity contribution is 0.396. The quantitative estimate of drug-likeness (QED) is 0.353. The normalized spacial score (nSPS) is 19.7. The fourth-order valence-corrected chi connectivity index (χ4v) is 0.384. The molecule has 1 rings (SSSR count). The molecule has 0 aromatic rings. The molecule has 1 N–H and O–H groups in total. The molecule has 0 aliphatic carbocycles. The molecule has 1 aliphatic rings. The van der Waals surface area contributed by atoms with Gasteiger partial charge in [-0.3, -0.25) is 5.41 Å². The molecular formula is C4H7N2. The van der Waals surface area contributed by atoms with Crippen LogP contribution in [0.1, 0.15) is 0 Å². The summed E-state index contributed by atoms with van der Waals surface area (Å²) in [6.07, 6.45) is 3.49. The van der Waals surface area contributed by atoms with Crippen LogP contribution in [0.25, 0.3) is 0 Å². The van der Waals surface area contributed by atoms with Crippen LogP contribution in [-0.2, 0) is 0 Å². The van der Waals surface area contributed by atoms with E-state index in [9.17, 15) is 0 Å². The Morgan fingerprint density at radius 1 is 1.67 bits per heavy atom. The van der Waals surface area contributed by atoms with E-state index in [0.29, 0.717) is 0 Å². The van der Waals surface area contributed by atoms with Gasteiger partial charge >= 0.3 is 0 Å². The van der Waals surface area contributed by atoms with Gasteiger partial charge in [0.15, 0.2) is 0 Å². The van der Waals surface area contributed by atoms with E-state index >= 15 is 0 Å². The molecule has 0 aromatic carbocycles. The van der Waals surface area contributed by atoms with Crippen LogP contribution in [0.4, 0.5) is 0 Å². The molecule has 1 heterocycles. The van der Waals surface area contributed by atoms with Gasteiger partial charge < -0.3 is 4.90 Å². The molecule has 2 heteroatoms. The summed E-state index contributed by atoms with van der Waals surface area (Å²) in [5.41, 5.74) is 0. The lowest BCUT2D eigenvalue weighted by atomic mass is 10.2. The van der Waals surface area contributed by atoms with Gasteiger partial charge in [0.2, 0.25) is 0 Å². The van der Waals surface area contributed by atoms with Gasteiger partial charge in [-0.1, -0.05) is 0 Å². The van der Waals surface area contributed by atoms with E-state index in [0.717, 1.165) is 13.1 Å². The molecular weight excluding hydrogens is 76.1 g/mol. The molecule has 0 saturated carbocycles. The Bertz CT molecular complexity index is 56.6. The van der Waals surface area contributed by atoms with E-state index in [1.807, 2.05) is 4.90 Å². The number of hydrogen-bond donors (Lipinski definition) is 1. The van der Waals surface area contributed by atoms with Gasteiger partial charge in [-0.25, -0.2) is 0 Å². The number of hydrogen-bond acceptors (Lipinski definition) is 1. The Labute approximate surface area is 37.3 Å². The highest BCUT2D eigenvalue weighted by molar-refractivity contribution is 5.52. The summed E-state index contributed by atoms with van der Waals surface area (Å²) in [5.74, 6) is 0. The van der Waals surface area contributed by atoms with Gasteiger partial charge in [0.1, 0.15) is 0 Å². The molecule has 0 amide bonds. The van der Waals surface area contributed by atoms with Crippen LogP contribution < -0.4 is 0 Å². The van der Waals surface area contributed by atoms with Gasteiger partial charge in [0, 0.05) is 19.5 Å². The summed E-state index contributed by atoms with van der Waals surface area (Å²) in [4.78, 5) is 1.92.